The molecule has 3 heterocycles. The Kier molecular flexibility index (Phi) is 10.8. The second-order valence-corrected chi connectivity index (χ2v) is 15.9. The van der Waals surface area contributed by atoms with Crippen LogP contribution >= 0.6 is 0 Å². The molecule has 3 fully saturated rings. The van der Waals surface area contributed by atoms with Crippen LogP contribution in [0.4, 0.5) is 14.9 Å². The Morgan fingerprint density at radius 1 is 0.880 bits per heavy atom. The van der Waals surface area contributed by atoms with E-state index in [0.29, 0.717) is 55.8 Å². The van der Waals surface area contributed by atoms with Crippen molar-refractivity contribution in [2.75, 3.05) is 44.2 Å². The molecule has 3 aliphatic heterocycles. The minimum absolute atomic E-state index is 0.0885. The second-order valence-electron chi connectivity index (χ2n) is 15.9. The fourth-order valence-corrected chi connectivity index (χ4v) is 7.19. The van der Waals surface area contributed by atoms with Crippen molar-refractivity contribution in [1.82, 2.24) is 14.7 Å². The first-order valence-corrected chi connectivity index (χ1v) is 17.7. The van der Waals surface area contributed by atoms with Crippen molar-refractivity contribution in [3.63, 3.8) is 0 Å². The van der Waals surface area contributed by atoms with Crippen molar-refractivity contribution < 1.29 is 42.6 Å². The highest BCUT2D eigenvalue weighted by atomic mass is 19.1. The van der Waals surface area contributed by atoms with Crippen molar-refractivity contribution in [3.05, 3.63) is 28.6 Å². The van der Waals surface area contributed by atoms with Crippen LogP contribution in [0.15, 0.2) is 6.07 Å². The largest absolute Gasteiger partial charge is 0.460 e. The van der Waals surface area contributed by atoms with Gasteiger partial charge in [0.25, 0.3) is 11.8 Å². The summed E-state index contributed by atoms with van der Waals surface area (Å²) in [6.07, 6.45) is 2.94. The number of nitrogens with two attached hydrogens (primary N) is 1. The van der Waals surface area contributed by atoms with Gasteiger partial charge in [-0.3, -0.25) is 29.0 Å². The number of piperazine rings is 1. The van der Waals surface area contributed by atoms with Crippen molar-refractivity contribution in [1.29, 1.82) is 0 Å². The SMILES string of the molecule is Cc1cc(N2CCN(C3CC(OC4CCN(C(=O)OC(C)(C)C)CC4)C3)CC2)c(F)c2c1C(=O)N([C@@H](CCC(=O)OC(C)(C)C)C(N)=O)C2=O. The van der Waals surface area contributed by atoms with E-state index in [1.54, 1.807) is 38.7 Å². The number of fused-ring (bicyclic) bond motifs is 1. The summed E-state index contributed by atoms with van der Waals surface area (Å²) in [6.45, 7) is 16.0. The number of carbonyl (C=O) groups is 5. The quantitative estimate of drug-likeness (QED) is 0.298. The minimum atomic E-state index is -1.43. The Morgan fingerprint density at radius 3 is 2.02 bits per heavy atom. The number of esters is 1. The average molecular weight is 702 g/mol. The maximum atomic E-state index is 16.2. The van der Waals surface area contributed by atoms with Crippen molar-refractivity contribution in [3.8, 4) is 0 Å². The van der Waals surface area contributed by atoms with Crippen LogP contribution in [0, 0.1) is 12.7 Å². The van der Waals surface area contributed by atoms with Gasteiger partial charge in [-0.2, -0.15) is 0 Å². The third-order valence-electron chi connectivity index (χ3n) is 9.71. The molecule has 0 aromatic heterocycles. The number of hydrogen-bond acceptors (Lipinski definition) is 10. The molecule has 1 saturated carbocycles. The topological polar surface area (TPSA) is 152 Å². The van der Waals surface area contributed by atoms with Gasteiger partial charge in [0.1, 0.15) is 17.2 Å². The number of likely N-dealkylation sites (tertiary alicyclic amines) is 1. The van der Waals surface area contributed by atoms with E-state index >= 15 is 4.39 Å². The van der Waals surface area contributed by atoms with E-state index in [9.17, 15) is 24.0 Å². The van der Waals surface area contributed by atoms with Crippen LogP contribution in [-0.2, 0) is 23.8 Å². The molecule has 0 radical (unpaired) electrons. The van der Waals surface area contributed by atoms with Crippen molar-refractivity contribution >= 4 is 35.5 Å². The number of primary amides is 1. The summed E-state index contributed by atoms with van der Waals surface area (Å²) in [5.74, 6) is -4.11. The third kappa shape index (κ3) is 8.39. The Bertz CT molecular complexity index is 1500. The zero-order chi connectivity index (χ0) is 36.7. The molecule has 1 aromatic rings. The van der Waals surface area contributed by atoms with Crippen LogP contribution in [-0.4, -0.2) is 119 Å². The number of rotatable bonds is 9. The number of amides is 4. The van der Waals surface area contributed by atoms with Crippen molar-refractivity contribution in [2.45, 2.75) is 122 Å². The Balaban J connectivity index is 1.13. The number of aryl methyl sites for hydroxylation is 1. The molecule has 4 amide bonds. The van der Waals surface area contributed by atoms with Gasteiger partial charge in [0.05, 0.1) is 29.0 Å². The van der Waals surface area contributed by atoms with E-state index in [-0.39, 0.29) is 48.0 Å². The van der Waals surface area contributed by atoms with Crippen LogP contribution in [0.1, 0.15) is 106 Å². The highest BCUT2D eigenvalue weighted by Crippen LogP contribution is 2.37. The molecule has 50 heavy (non-hydrogen) atoms. The molecule has 0 spiro atoms. The maximum absolute atomic E-state index is 16.2. The molecule has 1 aliphatic carbocycles. The highest BCUT2D eigenvalue weighted by molar-refractivity contribution is 6.24. The van der Waals surface area contributed by atoms with E-state index in [1.807, 2.05) is 25.7 Å². The first-order chi connectivity index (χ1) is 23.3. The zero-order valence-electron chi connectivity index (χ0n) is 30.4. The van der Waals surface area contributed by atoms with Crippen molar-refractivity contribution in [2.24, 2.45) is 5.73 Å². The van der Waals surface area contributed by atoms with Gasteiger partial charge >= 0.3 is 12.1 Å². The highest BCUT2D eigenvalue weighted by Gasteiger charge is 2.46. The lowest BCUT2D eigenvalue weighted by Gasteiger charge is -2.47. The number of piperidine rings is 1. The van der Waals surface area contributed by atoms with Gasteiger partial charge in [-0.05, 0) is 92.2 Å². The van der Waals surface area contributed by atoms with E-state index < -0.39 is 46.8 Å². The number of imide groups is 1. The van der Waals surface area contributed by atoms with E-state index in [1.165, 1.54) is 0 Å². The number of halogens is 1. The summed E-state index contributed by atoms with van der Waals surface area (Å²) in [7, 11) is 0. The molecule has 13 nitrogen and oxygen atoms in total. The Hall–Kier alpha value is -3.78. The average Bonchev–Trinajstić information content (AvgIpc) is 3.25. The molecule has 0 unspecified atom stereocenters. The summed E-state index contributed by atoms with van der Waals surface area (Å²) in [4.78, 5) is 70.8. The van der Waals surface area contributed by atoms with Crippen LogP contribution in [0.2, 0.25) is 0 Å². The van der Waals surface area contributed by atoms with Crippen LogP contribution in [0.5, 0.6) is 0 Å². The van der Waals surface area contributed by atoms with Crippen LogP contribution in [0.25, 0.3) is 0 Å². The van der Waals surface area contributed by atoms with E-state index in [0.717, 1.165) is 25.7 Å². The Morgan fingerprint density at radius 2 is 1.46 bits per heavy atom. The molecular weight excluding hydrogens is 649 g/mol. The first-order valence-electron chi connectivity index (χ1n) is 17.7. The van der Waals surface area contributed by atoms with Crippen LogP contribution in [0.3, 0.4) is 0 Å². The summed E-state index contributed by atoms with van der Waals surface area (Å²) in [5, 5.41) is 0. The molecule has 2 N–H and O–H groups in total. The minimum Gasteiger partial charge on any atom is -0.460 e. The summed E-state index contributed by atoms with van der Waals surface area (Å²) in [5.41, 5.74) is 4.51. The summed E-state index contributed by atoms with van der Waals surface area (Å²) >= 11 is 0. The maximum Gasteiger partial charge on any atom is 0.410 e. The molecule has 4 aliphatic rings. The normalized spacial score (nSPS) is 22.7. The van der Waals surface area contributed by atoms with E-state index in [2.05, 4.69) is 4.90 Å². The number of nitrogens with zero attached hydrogens (tertiary/aromatic N) is 4. The van der Waals surface area contributed by atoms with Gasteiger partial charge in [0.15, 0.2) is 5.82 Å². The first kappa shape index (κ1) is 37.5. The molecular formula is C36H52FN5O8. The smallest absolute Gasteiger partial charge is 0.410 e. The van der Waals surface area contributed by atoms with Gasteiger partial charge < -0.3 is 29.7 Å². The lowest BCUT2D eigenvalue weighted by Crippen LogP contribution is -2.56. The number of ether oxygens (including phenoxy) is 3. The number of carbonyl (C=O) groups excluding carboxylic acids is 5. The zero-order valence-corrected chi connectivity index (χ0v) is 30.4. The Labute approximate surface area is 293 Å². The molecule has 1 atom stereocenters. The molecule has 14 heteroatoms. The van der Waals surface area contributed by atoms with Gasteiger partial charge in [-0.15, -0.1) is 0 Å². The molecule has 0 bridgehead atoms. The van der Waals surface area contributed by atoms with Gasteiger partial charge in [-0.25, -0.2) is 9.18 Å². The predicted octanol–water partition coefficient (Wildman–Crippen LogP) is 3.78. The summed E-state index contributed by atoms with van der Waals surface area (Å²) in [6, 6.07) is 0.524. The second kappa shape index (κ2) is 14.5. The standard InChI is InChI=1S/C36H52FN5O8/c1-21-18-26(30(37)29-28(21)32(45)42(33(29)46)25(31(38)44)8-9-27(43)49-35(2,3)4)40-16-14-39(15-17-40)22-19-24(20-22)48-23-10-12-41(13-11-23)34(47)50-36(5,6)7/h18,22-25H,8-17,19-20H2,1-7H3,(H2,38,44)/t22?,24?,25-/m0/s1. The van der Waals surface area contributed by atoms with E-state index in [4.69, 9.17) is 19.9 Å². The molecule has 1 aromatic carbocycles. The lowest BCUT2D eigenvalue weighted by molar-refractivity contribution is -0.155. The number of hydrogen-bond donors (Lipinski definition) is 1. The number of benzene rings is 1. The third-order valence-corrected chi connectivity index (χ3v) is 9.71. The fourth-order valence-electron chi connectivity index (χ4n) is 7.19. The van der Waals surface area contributed by atoms with Crippen LogP contribution < -0.4 is 10.6 Å². The van der Waals surface area contributed by atoms with Gasteiger partial charge in [0.2, 0.25) is 5.91 Å². The predicted molar refractivity (Wildman–Crippen MR) is 182 cm³/mol. The van der Waals surface area contributed by atoms with Gasteiger partial charge in [-0.1, -0.05) is 0 Å². The lowest BCUT2D eigenvalue weighted by atomic mass is 9.87. The molecule has 276 valence electrons. The molecule has 5 rings (SSSR count). The molecule has 2 saturated heterocycles. The monoisotopic (exact) mass is 701 g/mol. The summed E-state index contributed by atoms with van der Waals surface area (Å²) < 4.78 is 33.3. The fraction of sp³-hybridized carbons (Fsp3) is 0.694. The number of anilines is 1. The van der Waals surface area contributed by atoms with Gasteiger partial charge in [0, 0.05) is 51.7 Å².